The highest BCUT2D eigenvalue weighted by Crippen LogP contribution is 2.55. The maximum absolute atomic E-state index is 5.39. The second kappa shape index (κ2) is 10.6. The van der Waals surface area contributed by atoms with E-state index in [9.17, 15) is 0 Å². The Morgan fingerprint density at radius 2 is 0.816 bits per heavy atom. The van der Waals surface area contributed by atoms with Crippen LogP contribution in [0.4, 0.5) is 0 Å². The molecule has 2 nitrogen and oxygen atoms in total. The van der Waals surface area contributed by atoms with Gasteiger partial charge in [-0.1, -0.05) is 126 Å². The fourth-order valence-corrected chi connectivity index (χ4v) is 10.0. The summed E-state index contributed by atoms with van der Waals surface area (Å²) in [5.74, 6) is 0. The Kier molecular flexibility index (Phi) is 6.54. The molecular weight excluding hydrogens is 593 g/mol. The van der Waals surface area contributed by atoms with Gasteiger partial charge in [-0.05, 0) is 94.5 Å². The molecule has 0 aliphatic heterocycles. The Labute approximate surface area is 291 Å². The minimum Gasteiger partial charge on any atom is -0.247 e. The smallest absolute Gasteiger partial charge is 0.0753 e. The molecule has 6 aromatic rings. The van der Waals surface area contributed by atoms with Gasteiger partial charge in [-0.2, -0.15) is 0 Å². The van der Waals surface area contributed by atoms with Gasteiger partial charge in [0, 0.05) is 38.5 Å². The largest absolute Gasteiger partial charge is 0.247 e. The normalized spacial score (nSPS) is 16.4. The quantitative estimate of drug-likeness (QED) is 0.182. The first-order valence-electron chi connectivity index (χ1n) is 18.3. The predicted octanol–water partition coefficient (Wildman–Crippen LogP) is 12.3. The van der Waals surface area contributed by atoms with Gasteiger partial charge < -0.3 is 0 Å². The fraction of sp³-hybridized carbons (Fsp3) is 0.277. The van der Waals surface area contributed by atoms with Gasteiger partial charge in [0.15, 0.2) is 0 Å². The Hall–Kier alpha value is -4.82. The maximum atomic E-state index is 5.39. The topological polar surface area (TPSA) is 25.8 Å². The number of aromatic nitrogens is 2. The van der Waals surface area contributed by atoms with Gasteiger partial charge in [0.25, 0.3) is 0 Å². The van der Waals surface area contributed by atoms with Crippen molar-refractivity contribution in [1.82, 2.24) is 9.97 Å². The average molecular weight is 637 g/mol. The molecule has 0 spiro atoms. The highest BCUT2D eigenvalue weighted by Gasteiger charge is 2.43. The van der Waals surface area contributed by atoms with E-state index in [-0.39, 0.29) is 16.2 Å². The molecule has 0 unspecified atom stereocenters. The third-order valence-corrected chi connectivity index (χ3v) is 12.9. The number of hydrogen-bond donors (Lipinski definition) is 0. The van der Waals surface area contributed by atoms with E-state index in [1.54, 1.807) is 0 Å². The third-order valence-electron chi connectivity index (χ3n) is 12.9. The van der Waals surface area contributed by atoms with E-state index in [0.717, 1.165) is 48.5 Å². The van der Waals surface area contributed by atoms with E-state index in [1.165, 1.54) is 66.8 Å². The van der Waals surface area contributed by atoms with Gasteiger partial charge >= 0.3 is 0 Å². The molecular formula is C47H44N2. The van der Waals surface area contributed by atoms with Crippen LogP contribution in [-0.4, -0.2) is 9.97 Å². The van der Waals surface area contributed by atoms with Gasteiger partial charge in [-0.3, -0.25) is 0 Å². The van der Waals surface area contributed by atoms with Gasteiger partial charge in [0.1, 0.15) is 0 Å². The summed E-state index contributed by atoms with van der Waals surface area (Å²) in [6.07, 6.45) is 4.31. The zero-order valence-electron chi connectivity index (χ0n) is 29.6. The number of nitrogens with zero attached hydrogens (tertiary/aromatic N) is 2. The first-order valence-corrected chi connectivity index (χ1v) is 18.3. The molecule has 9 rings (SSSR count). The lowest BCUT2D eigenvalue weighted by Crippen LogP contribution is -2.23. The van der Waals surface area contributed by atoms with Crippen LogP contribution < -0.4 is 0 Å². The van der Waals surface area contributed by atoms with Gasteiger partial charge in [0.05, 0.1) is 22.8 Å². The lowest BCUT2D eigenvalue weighted by atomic mass is 9.74. The van der Waals surface area contributed by atoms with Crippen LogP contribution in [0.25, 0.3) is 56.2 Å². The molecule has 0 atom stereocenters. The van der Waals surface area contributed by atoms with Gasteiger partial charge in [0.2, 0.25) is 0 Å². The van der Waals surface area contributed by atoms with Crippen LogP contribution in [0, 0.1) is 0 Å². The van der Waals surface area contributed by atoms with E-state index < -0.39 is 0 Å². The zero-order chi connectivity index (χ0) is 33.7. The van der Waals surface area contributed by atoms with E-state index in [1.807, 2.05) is 0 Å². The molecule has 49 heavy (non-hydrogen) atoms. The molecule has 3 aliphatic rings. The van der Waals surface area contributed by atoms with Crippen molar-refractivity contribution >= 4 is 0 Å². The molecule has 0 fully saturated rings. The second-order valence-electron chi connectivity index (χ2n) is 15.0. The summed E-state index contributed by atoms with van der Waals surface area (Å²) in [6, 6.07) is 41.0. The van der Waals surface area contributed by atoms with E-state index in [2.05, 4.69) is 151 Å². The van der Waals surface area contributed by atoms with E-state index in [0.29, 0.717) is 0 Å². The highest BCUT2D eigenvalue weighted by atomic mass is 14.8. The molecule has 4 aromatic carbocycles. The number of fused-ring (bicyclic) bond motifs is 9. The van der Waals surface area contributed by atoms with Crippen molar-refractivity contribution in [2.45, 2.75) is 83.5 Å². The van der Waals surface area contributed by atoms with Crippen LogP contribution >= 0.6 is 0 Å². The Bertz CT molecular complexity index is 2150. The number of pyridine rings is 2. The highest BCUT2D eigenvalue weighted by molar-refractivity contribution is 5.87. The van der Waals surface area contributed by atoms with Crippen molar-refractivity contribution in [2.75, 3.05) is 0 Å². The summed E-state index contributed by atoms with van der Waals surface area (Å²) in [4.78, 5) is 10.8. The van der Waals surface area contributed by atoms with Crippen molar-refractivity contribution in [1.29, 1.82) is 0 Å². The minimum atomic E-state index is -0.150. The number of hydrogen-bond acceptors (Lipinski definition) is 2. The van der Waals surface area contributed by atoms with Crippen molar-refractivity contribution in [2.24, 2.45) is 0 Å². The first kappa shape index (κ1) is 30.3. The van der Waals surface area contributed by atoms with Crippen molar-refractivity contribution in [3.8, 4) is 56.2 Å². The summed E-state index contributed by atoms with van der Waals surface area (Å²) >= 11 is 0. The van der Waals surface area contributed by atoms with Crippen molar-refractivity contribution in [3.63, 3.8) is 0 Å². The molecule has 3 aliphatic carbocycles. The SMILES string of the molecule is CCC1(CC)c2ccccc2-c2nc(-c3ccc4c(c3)C(C)(C)c3cc(-c5ccc6c(n5)-c5ccccc5C6(CC)CC)ccc3-4)ccc21. The standard InChI is InChI=1S/C47H44N2/c1-7-46(8-2)35-17-13-11-15-33(35)43-37(46)23-25-41(48-43)29-19-21-31-32-22-20-30(28-40(32)45(5,6)39(31)27-29)42-26-24-38-44(49-42)34-16-12-14-18-36(34)47(38,9-3)10-4/h11-28H,7-10H2,1-6H3. The molecule has 0 saturated carbocycles. The Morgan fingerprint density at radius 3 is 1.22 bits per heavy atom. The molecule has 0 bridgehead atoms. The number of benzene rings is 4. The molecule has 0 radical (unpaired) electrons. The van der Waals surface area contributed by atoms with E-state index >= 15 is 0 Å². The lowest BCUT2D eigenvalue weighted by Gasteiger charge is -2.29. The first-order chi connectivity index (χ1) is 23.8. The van der Waals surface area contributed by atoms with Crippen LogP contribution in [0.15, 0.2) is 109 Å². The van der Waals surface area contributed by atoms with Gasteiger partial charge in [-0.25, -0.2) is 9.97 Å². The summed E-state index contributed by atoms with van der Waals surface area (Å²) in [6.45, 7) is 14.0. The minimum absolute atomic E-state index is 0.0446. The molecule has 0 saturated heterocycles. The summed E-state index contributed by atoms with van der Waals surface area (Å²) < 4.78 is 0. The molecule has 2 heteroatoms. The molecule has 2 aromatic heterocycles. The van der Waals surface area contributed by atoms with Crippen molar-refractivity contribution in [3.05, 3.63) is 143 Å². The van der Waals surface area contributed by atoms with Crippen LogP contribution in [-0.2, 0) is 16.2 Å². The fourth-order valence-electron chi connectivity index (χ4n) is 10.0. The second-order valence-corrected chi connectivity index (χ2v) is 15.0. The summed E-state index contributed by atoms with van der Waals surface area (Å²) in [5, 5.41) is 0. The van der Waals surface area contributed by atoms with Crippen LogP contribution in [0.1, 0.15) is 101 Å². The lowest BCUT2D eigenvalue weighted by molar-refractivity contribution is 0.490. The van der Waals surface area contributed by atoms with E-state index in [4.69, 9.17) is 9.97 Å². The van der Waals surface area contributed by atoms with Crippen LogP contribution in [0.3, 0.4) is 0 Å². The maximum Gasteiger partial charge on any atom is 0.0753 e. The Balaban J connectivity index is 1.10. The van der Waals surface area contributed by atoms with Crippen LogP contribution in [0.5, 0.6) is 0 Å². The number of rotatable bonds is 6. The Morgan fingerprint density at radius 1 is 0.408 bits per heavy atom. The van der Waals surface area contributed by atoms with Crippen molar-refractivity contribution < 1.29 is 0 Å². The van der Waals surface area contributed by atoms with Crippen LogP contribution in [0.2, 0.25) is 0 Å². The molecule has 0 N–H and O–H groups in total. The molecule has 242 valence electrons. The summed E-state index contributed by atoms with van der Waals surface area (Å²) in [7, 11) is 0. The summed E-state index contributed by atoms with van der Waals surface area (Å²) in [5.41, 5.74) is 20.3. The predicted molar refractivity (Wildman–Crippen MR) is 204 cm³/mol. The zero-order valence-corrected chi connectivity index (χ0v) is 29.6. The molecule has 0 amide bonds. The average Bonchev–Trinajstić information content (AvgIpc) is 3.69. The third kappa shape index (κ3) is 3.89. The molecule has 2 heterocycles. The monoisotopic (exact) mass is 636 g/mol. The van der Waals surface area contributed by atoms with Gasteiger partial charge in [-0.15, -0.1) is 0 Å².